The van der Waals surface area contributed by atoms with Gasteiger partial charge in [0.2, 0.25) is 5.91 Å². The number of fused-ring (bicyclic) bond motifs is 1. The Morgan fingerprint density at radius 1 is 1.25 bits per heavy atom. The van der Waals surface area contributed by atoms with Gasteiger partial charge in [0.25, 0.3) is 0 Å². The van der Waals surface area contributed by atoms with Crippen molar-refractivity contribution in [3.8, 4) is 5.75 Å². The lowest BCUT2D eigenvalue weighted by Crippen LogP contribution is -2.41. The number of benzene rings is 2. The average molecular weight is 389 g/mol. The molecule has 2 aromatic carbocycles. The molecule has 0 unspecified atom stereocenters. The maximum atomic E-state index is 12.4. The van der Waals surface area contributed by atoms with E-state index in [0.29, 0.717) is 11.4 Å². The molecule has 124 valence electrons. The molecule has 24 heavy (non-hydrogen) atoms. The molecule has 1 aliphatic rings. The third kappa shape index (κ3) is 3.59. The lowest BCUT2D eigenvalue weighted by atomic mass is 10.1. The van der Waals surface area contributed by atoms with E-state index in [0.717, 1.165) is 21.3 Å². The number of esters is 1. The van der Waals surface area contributed by atoms with Crippen molar-refractivity contribution < 1.29 is 14.3 Å². The predicted molar refractivity (Wildman–Crippen MR) is 96.5 cm³/mol. The van der Waals surface area contributed by atoms with Crippen LogP contribution in [-0.4, -0.2) is 25.0 Å². The summed E-state index contributed by atoms with van der Waals surface area (Å²) >= 11 is 3.45. The summed E-state index contributed by atoms with van der Waals surface area (Å²) < 4.78 is 6.16. The van der Waals surface area contributed by atoms with E-state index in [1.807, 2.05) is 44.2 Å². The number of rotatable bonds is 3. The Bertz CT molecular complexity index is 820. The molecule has 0 aliphatic carbocycles. The Labute approximate surface area is 148 Å². The van der Waals surface area contributed by atoms with E-state index in [9.17, 15) is 9.59 Å². The third-order valence-electron chi connectivity index (χ3n) is 3.79. The number of amides is 1. The zero-order valence-corrected chi connectivity index (χ0v) is 15.0. The molecule has 0 aromatic heterocycles. The van der Waals surface area contributed by atoms with Crippen LogP contribution in [0.5, 0.6) is 5.75 Å². The quantitative estimate of drug-likeness (QED) is 0.646. The smallest absolute Gasteiger partial charge is 0.331 e. The Balaban J connectivity index is 1.76. The summed E-state index contributed by atoms with van der Waals surface area (Å²) in [5, 5.41) is 2.85. The highest BCUT2D eigenvalue weighted by Crippen LogP contribution is 2.32. The minimum absolute atomic E-state index is 0.0570. The lowest BCUT2D eigenvalue weighted by Gasteiger charge is -2.29. The first-order chi connectivity index (χ1) is 11.4. The van der Waals surface area contributed by atoms with Crippen LogP contribution in [0.3, 0.4) is 0 Å². The first-order valence-electron chi connectivity index (χ1n) is 7.54. The maximum absolute atomic E-state index is 12.4. The molecular weight excluding hydrogens is 372 g/mol. The molecule has 1 heterocycles. The monoisotopic (exact) mass is 388 g/mol. The molecule has 1 amide bonds. The van der Waals surface area contributed by atoms with Crippen LogP contribution < -0.4 is 15.0 Å². The molecule has 6 heteroatoms. The summed E-state index contributed by atoms with van der Waals surface area (Å²) in [5.41, 5.74) is 3.60. The van der Waals surface area contributed by atoms with Crippen molar-refractivity contribution in [1.82, 2.24) is 0 Å². The molecule has 0 radical (unpaired) electrons. The fraction of sp³-hybridized carbons (Fsp3) is 0.222. The second kappa shape index (κ2) is 6.65. The molecular formula is C18H17BrN2O3. The van der Waals surface area contributed by atoms with Crippen molar-refractivity contribution in [3.63, 3.8) is 0 Å². The highest BCUT2D eigenvalue weighted by Gasteiger charge is 2.25. The Kier molecular flexibility index (Phi) is 4.57. The largest absolute Gasteiger partial charge is 0.423 e. The topological polar surface area (TPSA) is 58.6 Å². The number of halogens is 1. The molecule has 0 saturated heterocycles. The molecule has 1 N–H and O–H groups in total. The van der Waals surface area contributed by atoms with Gasteiger partial charge in [-0.3, -0.25) is 4.79 Å². The Hall–Kier alpha value is -2.34. The maximum Gasteiger partial charge on any atom is 0.331 e. The van der Waals surface area contributed by atoms with Crippen LogP contribution in [0.4, 0.5) is 11.4 Å². The summed E-state index contributed by atoms with van der Waals surface area (Å²) in [6, 6.07) is 11.2. The highest BCUT2D eigenvalue weighted by molar-refractivity contribution is 9.10. The van der Waals surface area contributed by atoms with Gasteiger partial charge >= 0.3 is 5.97 Å². The number of hydrogen-bond acceptors (Lipinski definition) is 4. The SMILES string of the molecule is Cc1ccc2c(c1)N(CC(=O)Nc1ccc(C)c(Br)c1)CC(=O)O2. The summed E-state index contributed by atoms with van der Waals surface area (Å²) in [6.45, 7) is 4.07. The fourth-order valence-electron chi connectivity index (χ4n) is 2.54. The molecule has 1 aliphatic heterocycles. The van der Waals surface area contributed by atoms with Crippen LogP contribution in [0, 0.1) is 13.8 Å². The number of carbonyl (C=O) groups excluding carboxylic acids is 2. The molecule has 0 saturated carbocycles. The van der Waals surface area contributed by atoms with Gasteiger partial charge in [0, 0.05) is 10.2 Å². The number of anilines is 2. The number of ether oxygens (including phenoxy) is 1. The molecule has 0 spiro atoms. The van der Waals surface area contributed by atoms with E-state index in [1.165, 1.54) is 0 Å². The highest BCUT2D eigenvalue weighted by atomic mass is 79.9. The summed E-state index contributed by atoms with van der Waals surface area (Å²) in [5.74, 6) is -0.0622. The number of carbonyl (C=O) groups is 2. The van der Waals surface area contributed by atoms with Gasteiger partial charge in [-0.15, -0.1) is 0 Å². The summed E-state index contributed by atoms with van der Waals surface area (Å²) in [6.07, 6.45) is 0. The van der Waals surface area contributed by atoms with Gasteiger partial charge in [0.15, 0.2) is 5.75 Å². The van der Waals surface area contributed by atoms with Gasteiger partial charge in [0.05, 0.1) is 12.2 Å². The van der Waals surface area contributed by atoms with E-state index in [2.05, 4.69) is 21.2 Å². The van der Waals surface area contributed by atoms with Crippen LogP contribution in [0.25, 0.3) is 0 Å². The van der Waals surface area contributed by atoms with Crippen molar-refractivity contribution in [2.24, 2.45) is 0 Å². The average Bonchev–Trinajstić information content (AvgIpc) is 2.51. The molecule has 3 rings (SSSR count). The summed E-state index contributed by atoms with van der Waals surface area (Å²) in [7, 11) is 0. The minimum atomic E-state index is -0.364. The van der Waals surface area contributed by atoms with E-state index in [1.54, 1.807) is 11.0 Å². The van der Waals surface area contributed by atoms with E-state index >= 15 is 0 Å². The Morgan fingerprint density at radius 3 is 2.79 bits per heavy atom. The van der Waals surface area contributed by atoms with Crippen LogP contribution in [0.2, 0.25) is 0 Å². The van der Waals surface area contributed by atoms with E-state index < -0.39 is 0 Å². The zero-order chi connectivity index (χ0) is 17.3. The molecule has 0 fully saturated rings. The zero-order valence-electron chi connectivity index (χ0n) is 13.4. The second-order valence-electron chi connectivity index (χ2n) is 5.81. The molecule has 5 nitrogen and oxygen atoms in total. The van der Waals surface area contributed by atoms with Crippen molar-refractivity contribution >= 4 is 39.2 Å². The van der Waals surface area contributed by atoms with Crippen molar-refractivity contribution in [3.05, 3.63) is 52.0 Å². The van der Waals surface area contributed by atoms with Gasteiger partial charge in [-0.25, -0.2) is 4.79 Å². The lowest BCUT2D eigenvalue weighted by molar-refractivity contribution is -0.133. The fourth-order valence-corrected chi connectivity index (χ4v) is 2.92. The van der Waals surface area contributed by atoms with Gasteiger partial charge < -0.3 is 15.0 Å². The normalized spacial score (nSPS) is 13.3. The van der Waals surface area contributed by atoms with Crippen LogP contribution >= 0.6 is 15.9 Å². The first kappa shape index (κ1) is 16.5. The van der Waals surface area contributed by atoms with Gasteiger partial charge in [-0.2, -0.15) is 0 Å². The van der Waals surface area contributed by atoms with Gasteiger partial charge in [-0.05, 0) is 49.2 Å². The van der Waals surface area contributed by atoms with Crippen LogP contribution in [0.1, 0.15) is 11.1 Å². The number of hydrogen-bond donors (Lipinski definition) is 1. The molecule has 0 bridgehead atoms. The number of aryl methyl sites for hydroxylation is 2. The van der Waals surface area contributed by atoms with Gasteiger partial charge in [-0.1, -0.05) is 28.1 Å². The van der Waals surface area contributed by atoms with Gasteiger partial charge in [0.1, 0.15) is 6.54 Å². The Morgan fingerprint density at radius 2 is 2.04 bits per heavy atom. The van der Waals surface area contributed by atoms with Crippen LogP contribution in [0.15, 0.2) is 40.9 Å². The van der Waals surface area contributed by atoms with Crippen molar-refractivity contribution in [1.29, 1.82) is 0 Å². The number of nitrogens with zero attached hydrogens (tertiary/aromatic N) is 1. The molecule has 2 aromatic rings. The first-order valence-corrected chi connectivity index (χ1v) is 8.34. The van der Waals surface area contributed by atoms with E-state index in [4.69, 9.17) is 4.74 Å². The second-order valence-corrected chi connectivity index (χ2v) is 6.67. The van der Waals surface area contributed by atoms with E-state index in [-0.39, 0.29) is 25.0 Å². The molecule has 0 atom stereocenters. The predicted octanol–water partition coefficient (Wildman–Crippen LogP) is 3.43. The van der Waals surface area contributed by atoms with Crippen molar-refractivity contribution in [2.45, 2.75) is 13.8 Å². The summed E-state index contributed by atoms with van der Waals surface area (Å²) in [4.78, 5) is 25.8. The third-order valence-corrected chi connectivity index (χ3v) is 4.64. The number of nitrogens with one attached hydrogen (secondary N) is 1. The minimum Gasteiger partial charge on any atom is -0.423 e. The van der Waals surface area contributed by atoms with Crippen molar-refractivity contribution in [2.75, 3.05) is 23.3 Å². The van der Waals surface area contributed by atoms with Crippen LogP contribution in [-0.2, 0) is 9.59 Å². The standard InChI is InChI=1S/C18H17BrN2O3/c1-11-3-6-16-15(7-11)21(10-18(23)24-16)9-17(22)20-13-5-4-12(2)14(19)8-13/h3-8H,9-10H2,1-2H3,(H,20,22).